The lowest BCUT2D eigenvalue weighted by Gasteiger charge is -2.29. The molecule has 2 aliphatic rings. The highest BCUT2D eigenvalue weighted by Crippen LogP contribution is 2.33. The number of alkyl carbamates (subject to hydrolysis) is 1. The Morgan fingerprint density at radius 3 is 2.53 bits per heavy atom. The molecule has 244 valence electrons. The van der Waals surface area contributed by atoms with Gasteiger partial charge in [0.05, 0.1) is 43.0 Å². The maximum atomic E-state index is 13.4. The number of H-pyrrole nitrogens is 2. The average Bonchev–Trinajstić information content (AvgIpc) is 3.92. The van der Waals surface area contributed by atoms with Crippen molar-refractivity contribution in [2.24, 2.45) is 5.92 Å². The van der Waals surface area contributed by atoms with Crippen LogP contribution in [0.5, 0.6) is 0 Å². The number of imidazole rings is 2. The molecule has 10 nitrogen and oxygen atoms in total. The number of nitrogens with one attached hydrogen (secondary N) is 4. The molecule has 0 unspecified atom stereocenters. The van der Waals surface area contributed by atoms with Gasteiger partial charge in [-0.1, -0.05) is 74.5 Å². The summed E-state index contributed by atoms with van der Waals surface area (Å²) in [5.41, 5.74) is 6.34. The molecule has 2 saturated heterocycles. The number of allylic oxidation sites excluding steroid dienone is 2. The summed E-state index contributed by atoms with van der Waals surface area (Å²) in [6.45, 7) is 5.47. The van der Waals surface area contributed by atoms with E-state index in [9.17, 15) is 9.59 Å². The molecule has 2 fully saturated rings. The van der Waals surface area contributed by atoms with E-state index in [1.54, 1.807) is 6.20 Å². The summed E-state index contributed by atoms with van der Waals surface area (Å²) in [5.74, 6) is 1.54. The van der Waals surface area contributed by atoms with Crippen molar-refractivity contribution in [2.75, 3.05) is 20.2 Å². The van der Waals surface area contributed by atoms with Crippen molar-refractivity contribution in [1.29, 1.82) is 0 Å². The van der Waals surface area contributed by atoms with E-state index in [0.717, 1.165) is 71.1 Å². The lowest BCUT2D eigenvalue weighted by molar-refractivity contribution is -0.135. The van der Waals surface area contributed by atoms with Gasteiger partial charge in [0.1, 0.15) is 17.7 Å². The fourth-order valence-corrected chi connectivity index (χ4v) is 6.43. The molecule has 4 aromatic rings. The van der Waals surface area contributed by atoms with Crippen LogP contribution in [-0.2, 0) is 9.53 Å². The van der Waals surface area contributed by atoms with E-state index in [4.69, 9.17) is 4.74 Å². The average molecular weight is 634 g/mol. The fourth-order valence-electron chi connectivity index (χ4n) is 6.43. The van der Waals surface area contributed by atoms with Crippen LogP contribution in [-0.4, -0.2) is 63.1 Å². The molecule has 6 rings (SSSR count). The van der Waals surface area contributed by atoms with Crippen molar-refractivity contribution in [3.8, 4) is 22.4 Å². The summed E-state index contributed by atoms with van der Waals surface area (Å²) in [6.07, 6.45) is 15.2. The normalized spacial score (nSPS) is 18.9. The number of aromatic nitrogens is 4. The molecule has 0 saturated carbocycles. The van der Waals surface area contributed by atoms with Gasteiger partial charge in [-0.05, 0) is 67.0 Å². The van der Waals surface area contributed by atoms with Crippen LogP contribution in [0.4, 0.5) is 4.79 Å². The zero-order valence-corrected chi connectivity index (χ0v) is 27.2. The molecular formula is C37H43N7O3. The highest BCUT2D eigenvalue weighted by Gasteiger charge is 2.37. The second-order valence-electron chi connectivity index (χ2n) is 12.5. The maximum Gasteiger partial charge on any atom is 0.407 e. The zero-order valence-electron chi connectivity index (χ0n) is 27.2. The SMILES string of the molecule is COC(=O)N[C@H](C(=O)N1CCC[C@H]1c1ncc(C=CC=Cc2ccc(-c3cnc([C@@H]4CCCN4)[nH]3)cc2-c2ccccc2)[nH]1)C(C)C. The fraction of sp³-hybridized carbons (Fsp3) is 0.351. The van der Waals surface area contributed by atoms with Gasteiger partial charge in [0.25, 0.3) is 0 Å². The summed E-state index contributed by atoms with van der Waals surface area (Å²) < 4.78 is 4.74. The van der Waals surface area contributed by atoms with Gasteiger partial charge in [-0.3, -0.25) is 4.79 Å². The quantitative estimate of drug-likeness (QED) is 0.145. The van der Waals surface area contributed by atoms with Crippen LogP contribution in [0.1, 0.15) is 74.5 Å². The standard InChI is InChI=1S/C37H43N7O3/c1-24(2)33(43-37(46)47-3)36(45)44-20-10-16-32(44)35-39-22-28(41-35)14-8-7-13-26-17-18-27(21-29(26)25-11-5-4-6-12-25)31-23-40-34(42-31)30-15-9-19-38-30/h4-8,11-14,17-18,21-24,30,32-33,38H,9-10,15-16,19-20H2,1-3H3,(H,39,41)(H,40,42)(H,43,46)/t30-,32-,33-/m0/s1. The van der Waals surface area contributed by atoms with Gasteiger partial charge in [-0.25, -0.2) is 14.8 Å². The number of hydrogen-bond acceptors (Lipinski definition) is 6. The number of nitrogens with zero attached hydrogens (tertiary/aromatic N) is 3. The second kappa shape index (κ2) is 14.6. The van der Waals surface area contributed by atoms with E-state index in [1.807, 2.05) is 49.2 Å². The molecule has 4 heterocycles. The molecule has 0 bridgehead atoms. The van der Waals surface area contributed by atoms with E-state index in [0.29, 0.717) is 12.6 Å². The number of hydrogen-bond donors (Lipinski definition) is 4. The van der Waals surface area contributed by atoms with Gasteiger partial charge < -0.3 is 30.2 Å². The van der Waals surface area contributed by atoms with Crippen LogP contribution in [0.2, 0.25) is 0 Å². The van der Waals surface area contributed by atoms with Crippen LogP contribution in [0, 0.1) is 5.92 Å². The summed E-state index contributed by atoms with van der Waals surface area (Å²) in [7, 11) is 1.30. The molecule has 3 atom stereocenters. The summed E-state index contributed by atoms with van der Waals surface area (Å²) in [5, 5.41) is 6.21. The van der Waals surface area contributed by atoms with E-state index in [2.05, 4.69) is 79.1 Å². The highest BCUT2D eigenvalue weighted by molar-refractivity contribution is 5.86. The molecule has 2 aliphatic heterocycles. The van der Waals surface area contributed by atoms with Crippen LogP contribution >= 0.6 is 0 Å². The minimum atomic E-state index is -0.663. The molecule has 2 aromatic carbocycles. The Balaban J connectivity index is 1.16. The summed E-state index contributed by atoms with van der Waals surface area (Å²) in [6, 6.07) is 16.4. The van der Waals surface area contributed by atoms with Crippen molar-refractivity contribution in [3.63, 3.8) is 0 Å². The number of carbonyl (C=O) groups is 2. The number of carbonyl (C=O) groups excluding carboxylic acids is 2. The first kappa shape index (κ1) is 32.0. The molecule has 4 N–H and O–H groups in total. The Kier molecular flexibility index (Phi) is 9.97. The lowest BCUT2D eigenvalue weighted by Crippen LogP contribution is -2.51. The molecule has 0 radical (unpaired) electrons. The number of aromatic amines is 2. The smallest absolute Gasteiger partial charge is 0.407 e. The van der Waals surface area contributed by atoms with Gasteiger partial charge in [-0.2, -0.15) is 0 Å². The monoisotopic (exact) mass is 633 g/mol. The van der Waals surface area contributed by atoms with Gasteiger partial charge in [0, 0.05) is 12.1 Å². The second-order valence-corrected chi connectivity index (χ2v) is 12.5. The minimum Gasteiger partial charge on any atom is -0.453 e. The minimum absolute atomic E-state index is 0.0826. The van der Waals surface area contributed by atoms with E-state index >= 15 is 0 Å². The van der Waals surface area contributed by atoms with Crippen LogP contribution in [0.25, 0.3) is 34.5 Å². The van der Waals surface area contributed by atoms with Crippen molar-refractivity contribution >= 4 is 24.2 Å². The van der Waals surface area contributed by atoms with Gasteiger partial charge in [0.2, 0.25) is 5.91 Å². The molecular weight excluding hydrogens is 590 g/mol. The zero-order chi connectivity index (χ0) is 32.8. The van der Waals surface area contributed by atoms with Gasteiger partial charge in [-0.15, -0.1) is 0 Å². The predicted molar refractivity (Wildman–Crippen MR) is 184 cm³/mol. The maximum absolute atomic E-state index is 13.4. The highest BCUT2D eigenvalue weighted by atomic mass is 16.5. The van der Waals surface area contributed by atoms with E-state index in [1.165, 1.54) is 13.5 Å². The summed E-state index contributed by atoms with van der Waals surface area (Å²) in [4.78, 5) is 43.4. The Morgan fingerprint density at radius 1 is 0.957 bits per heavy atom. The first-order valence-corrected chi connectivity index (χ1v) is 16.4. The van der Waals surface area contributed by atoms with E-state index in [-0.39, 0.29) is 17.9 Å². The van der Waals surface area contributed by atoms with Crippen molar-refractivity contribution < 1.29 is 14.3 Å². The van der Waals surface area contributed by atoms with Crippen LogP contribution in [0.15, 0.2) is 73.1 Å². The third-order valence-electron chi connectivity index (χ3n) is 8.96. The Morgan fingerprint density at radius 2 is 1.77 bits per heavy atom. The number of ether oxygens (including phenoxy) is 1. The van der Waals surface area contributed by atoms with Gasteiger partial charge in [0.15, 0.2) is 0 Å². The summed E-state index contributed by atoms with van der Waals surface area (Å²) >= 11 is 0. The number of amides is 2. The topological polar surface area (TPSA) is 128 Å². The number of likely N-dealkylation sites (tertiary alicyclic amines) is 1. The third kappa shape index (κ3) is 7.38. The molecule has 0 spiro atoms. The molecule has 10 heteroatoms. The van der Waals surface area contributed by atoms with Crippen molar-refractivity contribution in [1.82, 2.24) is 35.5 Å². The number of methoxy groups -OCH3 is 1. The molecule has 2 amide bonds. The van der Waals surface area contributed by atoms with Crippen molar-refractivity contribution in [2.45, 2.75) is 57.7 Å². The van der Waals surface area contributed by atoms with Crippen LogP contribution in [0.3, 0.4) is 0 Å². The Bertz CT molecular complexity index is 1730. The molecule has 2 aromatic heterocycles. The third-order valence-corrected chi connectivity index (χ3v) is 8.96. The number of rotatable bonds is 10. The van der Waals surface area contributed by atoms with Crippen molar-refractivity contribution in [3.05, 3.63) is 96.0 Å². The molecule has 0 aliphatic carbocycles. The van der Waals surface area contributed by atoms with E-state index < -0.39 is 12.1 Å². The first-order valence-electron chi connectivity index (χ1n) is 16.4. The molecule has 47 heavy (non-hydrogen) atoms. The Labute approximate surface area is 275 Å². The number of benzene rings is 2. The lowest BCUT2D eigenvalue weighted by atomic mass is 9.96. The first-order chi connectivity index (χ1) is 22.9. The Hall–Kier alpha value is -4.96. The largest absolute Gasteiger partial charge is 0.453 e. The van der Waals surface area contributed by atoms with Gasteiger partial charge >= 0.3 is 6.09 Å². The van der Waals surface area contributed by atoms with Crippen LogP contribution < -0.4 is 10.6 Å². The predicted octanol–water partition coefficient (Wildman–Crippen LogP) is 6.66.